The fraction of sp³-hybridized carbons (Fsp3) is 0.786. The van der Waals surface area contributed by atoms with E-state index in [1.807, 2.05) is 10.9 Å². The van der Waals surface area contributed by atoms with Crippen molar-refractivity contribution in [3.8, 4) is 0 Å². The molecule has 0 aromatic carbocycles. The lowest BCUT2D eigenvalue weighted by Crippen LogP contribution is -2.26. The molecule has 1 aromatic heterocycles. The molecule has 1 N–H and O–H groups in total. The van der Waals surface area contributed by atoms with Gasteiger partial charge in [0.15, 0.2) is 0 Å². The highest BCUT2D eigenvalue weighted by Gasteiger charge is 2.23. The lowest BCUT2D eigenvalue weighted by atomic mass is 10.1. The molecule has 96 valence electrons. The Balaban J connectivity index is 1.80. The molecule has 0 bridgehead atoms. The van der Waals surface area contributed by atoms with Crippen LogP contribution in [0.25, 0.3) is 0 Å². The summed E-state index contributed by atoms with van der Waals surface area (Å²) in [7, 11) is 0. The Labute approximate surface area is 105 Å². The van der Waals surface area contributed by atoms with Gasteiger partial charge < -0.3 is 5.32 Å². The Morgan fingerprint density at radius 3 is 2.71 bits per heavy atom. The van der Waals surface area contributed by atoms with Gasteiger partial charge in [0.05, 0.1) is 11.7 Å². The third-order valence-electron chi connectivity index (χ3n) is 3.36. The van der Waals surface area contributed by atoms with E-state index in [0.717, 1.165) is 12.5 Å². The van der Waals surface area contributed by atoms with Crippen LogP contribution in [-0.2, 0) is 12.1 Å². The lowest BCUT2D eigenvalue weighted by Gasteiger charge is -2.18. The summed E-state index contributed by atoms with van der Waals surface area (Å²) < 4.78 is 2.04. The number of nitrogens with one attached hydrogen (secondary N) is 1. The van der Waals surface area contributed by atoms with E-state index in [-0.39, 0.29) is 5.54 Å². The highest BCUT2D eigenvalue weighted by Crippen LogP contribution is 2.33. The lowest BCUT2D eigenvalue weighted by molar-refractivity contribution is 0.355. The Morgan fingerprint density at radius 1 is 1.47 bits per heavy atom. The zero-order valence-electron chi connectivity index (χ0n) is 11.5. The number of aromatic nitrogens is 2. The summed E-state index contributed by atoms with van der Waals surface area (Å²) >= 11 is 0. The van der Waals surface area contributed by atoms with Crippen molar-refractivity contribution < 1.29 is 0 Å². The fourth-order valence-corrected chi connectivity index (χ4v) is 2.05. The molecule has 0 amide bonds. The summed E-state index contributed by atoms with van der Waals surface area (Å²) in [5, 5.41) is 8.00. The van der Waals surface area contributed by atoms with Crippen molar-refractivity contribution in [3.05, 3.63) is 18.0 Å². The molecule has 0 spiro atoms. The Hall–Kier alpha value is -0.830. The van der Waals surface area contributed by atoms with Crippen molar-refractivity contribution in [2.75, 3.05) is 0 Å². The van der Waals surface area contributed by atoms with Crippen LogP contribution in [0.2, 0.25) is 0 Å². The van der Waals surface area contributed by atoms with E-state index >= 15 is 0 Å². The van der Waals surface area contributed by atoms with Crippen molar-refractivity contribution in [1.82, 2.24) is 15.1 Å². The van der Waals surface area contributed by atoms with Crippen LogP contribution in [0.3, 0.4) is 0 Å². The SMILES string of the molecule is CC(CC1CC1)NCc1cnn(C(C)(C)C)c1. The molecular weight excluding hydrogens is 210 g/mol. The quantitative estimate of drug-likeness (QED) is 0.850. The molecule has 1 unspecified atom stereocenters. The van der Waals surface area contributed by atoms with E-state index in [0.29, 0.717) is 6.04 Å². The first kappa shape index (κ1) is 12.6. The molecular formula is C14H25N3. The molecule has 1 fully saturated rings. The molecule has 1 atom stereocenters. The Morgan fingerprint density at radius 2 is 2.18 bits per heavy atom. The zero-order valence-corrected chi connectivity index (χ0v) is 11.5. The summed E-state index contributed by atoms with van der Waals surface area (Å²) in [4.78, 5) is 0. The standard InChI is InChI=1S/C14H25N3/c1-11(7-12-5-6-12)15-8-13-9-16-17(10-13)14(2,3)4/h9-12,15H,5-8H2,1-4H3. The van der Waals surface area contributed by atoms with Crippen molar-refractivity contribution in [2.45, 2.75) is 65.1 Å². The second-order valence-corrected chi connectivity index (χ2v) is 6.43. The zero-order chi connectivity index (χ0) is 12.5. The Bertz CT molecular complexity index is 358. The number of hydrogen-bond donors (Lipinski definition) is 1. The second kappa shape index (κ2) is 4.81. The van der Waals surface area contributed by atoms with Crippen LogP contribution >= 0.6 is 0 Å². The monoisotopic (exact) mass is 235 g/mol. The van der Waals surface area contributed by atoms with Crippen LogP contribution in [0.1, 0.15) is 52.5 Å². The first-order valence-corrected chi connectivity index (χ1v) is 6.72. The van der Waals surface area contributed by atoms with Gasteiger partial charge in [0.2, 0.25) is 0 Å². The van der Waals surface area contributed by atoms with E-state index in [4.69, 9.17) is 0 Å². The van der Waals surface area contributed by atoms with Gasteiger partial charge in [0, 0.05) is 24.3 Å². The summed E-state index contributed by atoms with van der Waals surface area (Å²) in [5.41, 5.74) is 1.36. The Kier molecular flexibility index (Phi) is 3.57. The van der Waals surface area contributed by atoms with Crippen LogP contribution in [0.5, 0.6) is 0 Å². The first-order valence-electron chi connectivity index (χ1n) is 6.72. The minimum atomic E-state index is 0.0812. The van der Waals surface area contributed by atoms with E-state index in [1.54, 1.807) is 0 Å². The van der Waals surface area contributed by atoms with Gasteiger partial charge in [0.25, 0.3) is 0 Å². The van der Waals surface area contributed by atoms with Crippen molar-refractivity contribution in [1.29, 1.82) is 0 Å². The number of hydrogen-bond acceptors (Lipinski definition) is 2. The van der Waals surface area contributed by atoms with Gasteiger partial charge in [-0.15, -0.1) is 0 Å². The molecule has 1 aliphatic rings. The van der Waals surface area contributed by atoms with Crippen LogP contribution in [0, 0.1) is 5.92 Å². The van der Waals surface area contributed by atoms with Crippen molar-refractivity contribution >= 4 is 0 Å². The van der Waals surface area contributed by atoms with Crippen molar-refractivity contribution in [2.24, 2.45) is 5.92 Å². The number of rotatable bonds is 5. The number of nitrogens with zero attached hydrogens (tertiary/aromatic N) is 2. The summed E-state index contributed by atoms with van der Waals surface area (Å²) in [6.45, 7) is 9.74. The van der Waals surface area contributed by atoms with Gasteiger partial charge in [-0.2, -0.15) is 5.10 Å². The summed E-state index contributed by atoms with van der Waals surface area (Å²) in [6.07, 6.45) is 8.33. The maximum absolute atomic E-state index is 4.42. The average Bonchev–Trinajstić information content (AvgIpc) is 2.90. The minimum absolute atomic E-state index is 0.0812. The average molecular weight is 235 g/mol. The van der Waals surface area contributed by atoms with E-state index < -0.39 is 0 Å². The molecule has 17 heavy (non-hydrogen) atoms. The first-order chi connectivity index (χ1) is 7.95. The third kappa shape index (κ3) is 3.84. The maximum atomic E-state index is 4.42. The van der Waals surface area contributed by atoms with Gasteiger partial charge in [-0.25, -0.2) is 0 Å². The van der Waals surface area contributed by atoms with Crippen LogP contribution < -0.4 is 5.32 Å². The third-order valence-corrected chi connectivity index (χ3v) is 3.36. The normalized spacial score (nSPS) is 18.4. The topological polar surface area (TPSA) is 29.9 Å². The minimum Gasteiger partial charge on any atom is -0.310 e. The molecule has 1 saturated carbocycles. The second-order valence-electron chi connectivity index (χ2n) is 6.43. The largest absolute Gasteiger partial charge is 0.310 e. The predicted molar refractivity (Wildman–Crippen MR) is 70.9 cm³/mol. The summed E-state index contributed by atoms with van der Waals surface area (Å²) in [5.74, 6) is 0.995. The van der Waals surface area contributed by atoms with Gasteiger partial charge >= 0.3 is 0 Å². The van der Waals surface area contributed by atoms with Gasteiger partial charge in [-0.05, 0) is 40.0 Å². The highest BCUT2D eigenvalue weighted by atomic mass is 15.3. The molecule has 3 heteroatoms. The molecule has 1 heterocycles. The van der Waals surface area contributed by atoms with Gasteiger partial charge in [-0.1, -0.05) is 12.8 Å². The van der Waals surface area contributed by atoms with Gasteiger partial charge in [-0.3, -0.25) is 4.68 Å². The molecule has 3 nitrogen and oxygen atoms in total. The molecule has 0 radical (unpaired) electrons. The molecule has 0 saturated heterocycles. The van der Waals surface area contributed by atoms with E-state index in [9.17, 15) is 0 Å². The summed E-state index contributed by atoms with van der Waals surface area (Å²) in [6, 6.07) is 0.625. The van der Waals surface area contributed by atoms with E-state index in [1.165, 1.54) is 24.8 Å². The van der Waals surface area contributed by atoms with Gasteiger partial charge in [0.1, 0.15) is 0 Å². The van der Waals surface area contributed by atoms with Crippen LogP contribution in [0.4, 0.5) is 0 Å². The fourth-order valence-electron chi connectivity index (χ4n) is 2.05. The van der Waals surface area contributed by atoms with E-state index in [2.05, 4.69) is 44.3 Å². The van der Waals surface area contributed by atoms with Crippen LogP contribution in [0.15, 0.2) is 12.4 Å². The van der Waals surface area contributed by atoms with Crippen LogP contribution in [-0.4, -0.2) is 15.8 Å². The molecule has 0 aliphatic heterocycles. The maximum Gasteiger partial charge on any atom is 0.0543 e. The molecule has 1 aliphatic carbocycles. The highest BCUT2D eigenvalue weighted by molar-refractivity contribution is 5.05. The predicted octanol–water partition coefficient (Wildman–Crippen LogP) is 2.92. The molecule has 1 aromatic rings. The van der Waals surface area contributed by atoms with Crippen molar-refractivity contribution in [3.63, 3.8) is 0 Å². The molecule has 2 rings (SSSR count). The smallest absolute Gasteiger partial charge is 0.0543 e.